The second-order valence-electron chi connectivity index (χ2n) is 6.68. The van der Waals surface area contributed by atoms with Crippen LogP contribution >= 0.6 is 0 Å². The molecule has 1 saturated carbocycles. The highest BCUT2D eigenvalue weighted by Crippen LogP contribution is 2.36. The molecule has 4 aliphatic rings. The minimum absolute atomic E-state index is 0.249. The normalized spacial score (nSPS) is 45.3. The zero-order valence-electron chi connectivity index (χ0n) is 11.5. The van der Waals surface area contributed by atoms with Gasteiger partial charge in [0.05, 0.1) is 24.7 Å². The van der Waals surface area contributed by atoms with Crippen LogP contribution in [-0.4, -0.2) is 48.2 Å². The molecule has 3 aliphatic heterocycles. The molecule has 3 heterocycles. The summed E-state index contributed by atoms with van der Waals surface area (Å²) in [5.41, 5.74) is 0. The molecule has 4 heteroatoms. The Bertz CT molecular complexity index is 371. The lowest BCUT2D eigenvalue weighted by Crippen LogP contribution is -2.57. The van der Waals surface area contributed by atoms with Crippen molar-refractivity contribution < 1.29 is 9.53 Å². The SMILES string of the molecule is O=C(C1CC2CCC1N2)N1CCOC2CCCCC21. The molecule has 0 aromatic heterocycles. The maximum Gasteiger partial charge on any atom is 0.227 e. The van der Waals surface area contributed by atoms with Gasteiger partial charge in [0.1, 0.15) is 0 Å². The maximum atomic E-state index is 12.9. The first-order chi connectivity index (χ1) is 9.33. The Hall–Kier alpha value is -0.610. The number of rotatable bonds is 1. The molecule has 5 unspecified atom stereocenters. The number of hydrogen-bond acceptors (Lipinski definition) is 3. The van der Waals surface area contributed by atoms with E-state index in [4.69, 9.17) is 4.74 Å². The van der Waals surface area contributed by atoms with Crippen molar-refractivity contribution in [3.05, 3.63) is 0 Å². The van der Waals surface area contributed by atoms with Crippen LogP contribution in [0.3, 0.4) is 0 Å². The van der Waals surface area contributed by atoms with Crippen LogP contribution in [-0.2, 0) is 9.53 Å². The highest BCUT2D eigenvalue weighted by molar-refractivity contribution is 5.80. The van der Waals surface area contributed by atoms with Crippen LogP contribution in [0.5, 0.6) is 0 Å². The van der Waals surface area contributed by atoms with Crippen molar-refractivity contribution in [2.75, 3.05) is 13.2 Å². The van der Waals surface area contributed by atoms with Gasteiger partial charge in [0.2, 0.25) is 5.91 Å². The summed E-state index contributed by atoms with van der Waals surface area (Å²) in [7, 11) is 0. The third kappa shape index (κ3) is 2.00. The van der Waals surface area contributed by atoms with Gasteiger partial charge in [0.15, 0.2) is 0 Å². The fourth-order valence-corrected chi connectivity index (χ4v) is 4.68. The lowest BCUT2D eigenvalue weighted by molar-refractivity contribution is -0.154. The Morgan fingerprint density at radius 1 is 1.16 bits per heavy atom. The van der Waals surface area contributed by atoms with E-state index in [2.05, 4.69) is 10.2 Å². The standard InChI is InChI=1S/C15H24N2O2/c18-15(11-9-10-5-6-12(11)16-10)17-7-8-19-14-4-2-1-3-13(14)17/h10-14,16H,1-9H2. The van der Waals surface area contributed by atoms with Crippen molar-refractivity contribution in [3.8, 4) is 0 Å². The minimum Gasteiger partial charge on any atom is -0.374 e. The zero-order valence-corrected chi connectivity index (χ0v) is 11.5. The molecule has 0 spiro atoms. The largest absolute Gasteiger partial charge is 0.374 e. The predicted molar refractivity (Wildman–Crippen MR) is 71.8 cm³/mol. The van der Waals surface area contributed by atoms with E-state index in [1.165, 1.54) is 25.7 Å². The Balaban J connectivity index is 1.49. The van der Waals surface area contributed by atoms with E-state index >= 15 is 0 Å². The molecule has 4 rings (SSSR count). The number of ether oxygens (including phenoxy) is 1. The first-order valence-electron chi connectivity index (χ1n) is 8.01. The Morgan fingerprint density at radius 2 is 2.05 bits per heavy atom. The van der Waals surface area contributed by atoms with Crippen molar-refractivity contribution in [1.82, 2.24) is 10.2 Å². The number of nitrogens with zero attached hydrogens (tertiary/aromatic N) is 1. The summed E-state index contributed by atoms with van der Waals surface area (Å²) < 4.78 is 5.88. The van der Waals surface area contributed by atoms with Gasteiger partial charge in [0.25, 0.3) is 0 Å². The van der Waals surface area contributed by atoms with Crippen LogP contribution in [0.1, 0.15) is 44.9 Å². The molecular formula is C15H24N2O2. The number of nitrogens with one attached hydrogen (secondary N) is 1. The van der Waals surface area contributed by atoms with E-state index in [1.54, 1.807) is 0 Å². The first-order valence-corrected chi connectivity index (χ1v) is 8.01. The lowest BCUT2D eigenvalue weighted by atomic mass is 9.85. The van der Waals surface area contributed by atoms with Crippen molar-refractivity contribution in [2.45, 2.75) is 69.2 Å². The molecule has 4 fully saturated rings. The van der Waals surface area contributed by atoms with Gasteiger partial charge in [-0.2, -0.15) is 0 Å². The van der Waals surface area contributed by atoms with Gasteiger partial charge in [-0.3, -0.25) is 4.79 Å². The van der Waals surface area contributed by atoms with Gasteiger partial charge >= 0.3 is 0 Å². The highest BCUT2D eigenvalue weighted by Gasteiger charge is 2.46. The van der Waals surface area contributed by atoms with Crippen LogP contribution in [0.15, 0.2) is 0 Å². The van der Waals surface area contributed by atoms with E-state index in [0.717, 1.165) is 32.4 Å². The molecule has 0 aromatic rings. The molecule has 3 saturated heterocycles. The van der Waals surface area contributed by atoms with Crippen molar-refractivity contribution in [2.24, 2.45) is 5.92 Å². The number of hydrogen-bond donors (Lipinski definition) is 1. The van der Waals surface area contributed by atoms with Crippen LogP contribution in [0.2, 0.25) is 0 Å². The topological polar surface area (TPSA) is 41.6 Å². The van der Waals surface area contributed by atoms with Gasteiger partial charge in [0, 0.05) is 18.6 Å². The van der Waals surface area contributed by atoms with Crippen molar-refractivity contribution in [1.29, 1.82) is 0 Å². The van der Waals surface area contributed by atoms with Gasteiger partial charge in [-0.25, -0.2) is 0 Å². The summed E-state index contributed by atoms with van der Waals surface area (Å²) in [6.07, 6.45) is 8.65. The molecule has 0 radical (unpaired) electrons. The number of carbonyl (C=O) groups is 1. The van der Waals surface area contributed by atoms with Crippen molar-refractivity contribution in [3.63, 3.8) is 0 Å². The molecule has 4 nitrogen and oxygen atoms in total. The Labute approximate surface area is 114 Å². The van der Waals surface area contributed by atoms with Crippen LogP contribution < -0.4 is 5.32 Å². The molecule has 19 heavy (non-hydrogen) atoms. The number of carbonyl (C=O) groups excluding carboxylic acids is 1. The lowest BCUT2D eigenvalue weighted by Gasteiger charge is -2.45. The van der Waals surface area contributed by atoms with E-state index in [-0.39, 0.29) is 5.92 Å². The first kappa shape index (κ1) is 12.2. The summed E-state index contributed by atoms with van der Waals surface area (Å²) in [6, 6.07) is 1.44. The summed E-state index contributed by atoms with van der Waals surface area (Å²) >= 11 is 0. The van der Waals surface area contributed by atoms with Gasteiger partial charge in [-0.1, -0.05) is 12.8 Å². The van der Waals surface area contributed by atoms with Crippen LogP contribution in [0.4, 0.5) is 0 Å². The second kappa shape index (κ2) is 4.74. The van der Waals surface area contributed by atoms with Crippen LogP contribution in [0.25, 0.3) is 0 Å². The second-order valence-corrected chi connectivity index (χ2v) is 6.68. The van der Waals surface area contributed by atoms with Gasteiger partial charge < -0.3 is 15.0 Å². The number of fused-ring (bicyclic) bond motifs is 3. The molecule has 1 amide bonds. The number of amides is 1. The van der Waals surface area contributed by atoms with Gasteiger partial charge in [-0.05, 0) is 32.1 Å². The predicted octanol–water partition coefficient (Wildman–Crippen LogP) is 1.30. The summed E-state index contributed by atoms with van der Waals surface area (Å²) in [5, 5.41) is 3.59. The van der Waals surface area contributed by atoms with E-state index in [1.807, 2.05) is 0 Å². The van der Waals surface area contributed by atoms with E-state index in [9.17, 15) is 4.79 Å². The Morgan fingerprint density at radius 3 is 2.84 bits per heavy atom. The summed E-state index contributed by atoms with van der Waals surface area (Å²) in [5.74, 6) is 0.666. The average Bonchev–Trinajstić information content (AvgIpc) is 3.08. The fraction of sp³-hybridized carbons (Fsp3) is 0.933. The third-order valence-corrected chi connectivity index (χ3v) is 5.63. The molecule has 0 aromatic carbocycles. The van der Waals surface area contributed by atoms with Crippen LogP contribution in [0, 0.1) is 5.92 Å². The molecule has 106 valence electrons. The smallest absolute Gasteiger partial charge is 0.227 e. The summed E-state index contributed by atoms with van der Waals surface area (Å²) in [4.78, 5) is 15.1. The number of morpholine rings is 1. The minimum atomic E-state index is 0.249. The zero-order chi connectivity index (χ0) is 12.8. The molecule has 2 bridgehead atoms. The fourth-order valence-electron chi connectivity index (χ4n) is 4.68. The highest BCUT2D eigenvalue weighted by atomic mass is 16.5. The summed E-state index contributed by atoms with van der Waals surface area (Å²) in [6.45, 7) is 1.55. The molecular weight excluding hydrogens is 240 g/mol. The van der Waals surface area contributed by atoms with Crippen molar-refractivity contribution >= 4 is 5.91 Å². The molecule has 5 atom stereocenters. The monoisotopic (exact) mass is 264 g/mol. The quantitative estimate of drug-likeness (QED) is 0.776. The van der Waals surface area contributed by atoms with E-state index in [0.29, 0.717) is 30.1 Å². The average molecular weight is 264 g/mol. The third-order valence-electron chi connectivity index (χ3n) is 5.63. The maximum absolute atomic E-state index is 12.9. The van der Waals surface area contributed by atoms with Gasteiger partial charge in [-0.15, -0.1) is 0 Å². The van der Waals surface area contributed by atoms with E-state index < -0.39 is 0 Å². The Kier molecular flexibility index (Phi) is 3.03. The molecule has 1 N–H and O–H groups in total. The molecule has 1 aliphatic carbocycles.